The molecule has 0 fully saturated rings. The number of thiophene rings is 1. The highest BCUT2D eigenvalue weighted by molar-refractivity contribution is 7.99. The lowest BCUT2D eigenvalue weighted by molar-refractivity contribution is 0.0783. The highest BCUT2D eigenvalue weighted by atomic mass is 32.2. The zero-order valence-electron chi connectivity index (χ0n) is 17.4. The third kappa shape index (κ3) is 5.27. The number of carbonyl (C=O) groups is 1. The predicted molar refractivity (Wildman–Crippen MR) is 117 cm³/mol. The Labute approximate surface area is 175 Å². The maximum Gasteiger partial charge on any atom is 0.329 e. The summed E-state index contributed by atoms with van der Waals surface area (Å²) in [6.07, 6.45) is 0. The lowest BCUT2D eigenvalue weighted by Crippen LogP contribution is -2.24. The SMILES string of the molecule is Cc1sc(SNC(=O)Nc2c(C(C)C)ccc(F)c2C(C)C)cc1C(C)(C)O. The van der Waals surface area contributed by atoms with E-state index in [2.05, 4.69) is 10.0 Å². The number of halogens is 1. The van der Waals surface area contributed by atoms with E-state index in [1.165, 1.54) is 29.4 Å². The van der Waals surface area contributed by atoms with Gasteiger partial charge in [0, 0.05) is 10.4 Å². The summed E-state index contributed by atoms with van der Waals surface area (Å²) in [6, 6.07) is 4.67. The first-order valence-electron chi connectivity index (χ1n) is 9.31. The largest absolute Gasteiger partial charge is 0.386 e. The van der Waals surface area contributed by atoms with Crippen molar-refractivity contribution in [3.8, 4) is 0 Å². The number of rotatable bonds is 6. The van der Waals surface area contributed by atoms with Crippen molar-refractivity contribution >= 4 is 35.0 Å². The molecule has 3 N–H and O–H groups in total. The first-order valence-corrected chi connectivity index (χ1v) is 10.9. The average molecular weight is 425 g/mol. The standard InChI is InChI=1S/C21H29FN2O2S2/c1-11(2)14-8-9-16(22)18(12(3)4)19(14)23-20(25)24-28-17-10-15(13(5)27-17)21(6,7)26/h8-12,26H,1-7H3,(H2,23,24,25). The number of anilines is 1. The molecule has 0 unspecified atom stereocenters. The Morgan fingerprint density at radius 3 is 2.36 bits per heavy atom. The first kappa shape index (κ1) is 22.7. The fourth-order valence-electron chi connectivity index (χ4n) is 3.14. The molecule has 0 radical (unpaired) electrons. The van der Waals surface area contributed by atoms with Gasteiger partial charge in [0.25, 0.3) is 0 Å². The quantitative estimate of drug-likeness (QED) is 0.464. The Bertz CT molecular complexity index is 855. The summed E-state index contributed by atoms with van der Waals surface area (Å²) < 4.78 is 18.0. The van der Waals surface area contributed by atoms with E-state index in [1.54, 1.807) is 19.9 Å². The summed E-state index contributed by atoms with van der Waals surface area (Å²) in [4.78, 5) is 13.5. The van der Waals surface area contributed by atoms with Gasteiger partial charge in [-0.1, -0.05) is 33.8 Å². The lowest BCUT2D eigenvalue weighted by Gasteiger charge is -2.21. The summed E-state index contributed by atoms with van der Waals surface area (Å²) in [6.45, 7) is 13.3. The Kier molecular flexibility index (Phi) is 7.17. The molecule has 0 aliphatic rings. The van der Waals surface area contributed by atoms with Crippen LogP contribution in [0.25, 0.3) is 0 Å². The van der Waals surface area contributed by atoms with Crippen LogP contribution in [0.5, 0.6) is 0 Å². The minimum atomic E-state index is -0.929. The molecule has 2 aromatic rings. The molecular formula is C21H29FN2O2S2. The number of urea groups is 1. The maximum absolute atomic E-state index is 14.4. The zero-order valence-corrected chi connectivity index (χ0v) is 19.1. The van der Waals surface area contributed by atoms with Crippen LogP contribution in [-0.4, -0.2) is 11.1 Å². The fourth-order valence-corrected chi connectivity index (χ4v) is 5.13. The van der Waals surface area contributed by atoms with E-state index in [9.17, 15) is 14.3 Å². The van der Waals surface area contributed by atoms with Crippen molar-refractivity contribution in [3.05, 3.63) is 45.6 Å². The van der Waals surface area contributed by atoms with Crippen LogP contribution in [0.15, 0.2) is 22.4 Å². The summed E-state index contributed by atoms with van der Waals surface area (Å²) >= 11 is 2.69. The molecule has 1 aromatic heterocycles. The van der Waals surface area contributed by atoms with Crippen LogP contribution in [0.4, 0.5) is 14.9 Å². The molecule has 0 saturated heterocycles. The topological polar surface area (TPSA) is 61.4 Å². The van der Waals surface area contributed by atoms with Crippen LogP contribution in [0.2, 0.25) is 0 Å². The van der Waals surface area contributed by atoms with Crippen molar-refractivity contribution < 1.29 is 14.3 Å². The van der Waals surface area contributed by atoms with E-state index in [0.717, 1.165) is 20.2 Å². The molecule has 0 saturated carbocycles. The van der Waals surface area contributed by atoms with E-state index in [0.29, 0.717) is 11.3 Å². The van der Waals surface area contributed by atoms with Crippen molar-refractivity contribution in [2.24, 2.45) is 0 Å². The second-order valence-corrected chi connectivity index (χ2v) is 10.4. The van der Waals surface area contributed by atoms with Crippen LogP contribution < -0.4 is 10.0 Å². The number of hydrogen-bond donors (Lipinski definition) is 3. The van der Waals surface area contributed by atoms with Crippen molar-refractivity contribution in [1.29, 1.82) is 0 Å². The van der Waals surface area contributed by atoms with Gasteiger partial charge in [-0.05, 0) is 67.8 Å². The van der Waals surface area contributed by atoms with Gasteiger partial charge in [-0.25, -0.2) is 9.18 Å². The van der Waals surface area contributed by atoms with Crippen LogP contribution >= 0.6 is 23.3 Å². The van der Waals surface area contributed by atoms with E-state index in [-0.39, 0.29) is 17.7 Å². The molecule has 0 aliphatic carbocycles. The van der Waals surface area contributed by atoms with Crippen molar-refractivity contribution in [1.82, 2.24) is 4.72 Å². The number of carbonyl (C=O) groups excluding carboxylic acids is 1. The van der Waals surface area contributed by atoms with Crippen molar-refractivity contribution in [2.45, 2.75) is 70.1 Å². The molecule has 0 aliphatic heterocycles. The minimum absolute atomic E-state index is 0.0593. The highest BCUT2D eigenvalue weighted by Crippen LogP contribution is 2.36. The Hall–Kier alpha value is -1.57. The second-order valence-electron chi connectivity index (χ2n) is 7.99. The maximum atomic E-state index is 14.4. The normalized spacial score (nSPS) is 12.0. The molecule has 0 atom stereocenters. The number of benzene rings is 1. The van der Waals surface area contributed by atoms with Crippen LogP contribution in [0.3, 0.4) is 0 Å². The fraction of sp³-hybridized carbons (Fsp3) is 0.476. The van der Waals surface area contributed by atoms with Crippen LogP contribution in [-0.2, 0) is 5.60 Å². The molecular weight excluding hydrogens is 395 g/mol. The van der Waals surface area contributed by atoms with Gasteiger partial charge >= 0.3 is 6.03 Å². The second kappa shape index (κ2) is 8.84. The average Bonchev–Trinajstić information content (AvgIpc) is 2.93. The molecule has 0 bridgehead atoms. The monoisotopic (exact) mass is 424 g/mol. The van der Waals surface area contributed by atoms with Gasteiger partial charge < -0.3 is 10.4 Å². The number of nitrogens with one attached hydrogen (secondary N) is 2. The van der Waals surface area contributed by atoms with Crippen molar-refractivity contribution in [2.75, 3.05) is 5.32 Å². The third-order valence-electron chi connectivity index (χ3n) is 4.46. The van der Waals surface area contributed by atoms with Gasteiger partial charge in [-0.3, -0.25) is 4.72 Å². The summed E-state index contributed by atoms with van der Waals surface area (Å²) in [7, 11) is 0. The van der Waals surface area contributed by atoms with E-state index < -0.39 is 11.6 Å². The van der Waals surface area contributed by atoms with Gasteiger partial charge in [-0.2, -0.15) is 0 Å². The van der Waals surface area contributed by atoms with Gasteiger partial charge in [0.15, 0.2) is 0 Å². The smallest absolute Gasteiger partial charge is 0.329 e. The van der Waals surface area contributed by atoms with Crippen molar-refractivity contribution in [3.63, 3.8) is 0 Å². The van der Waals surface area contributed by atoms with E-state index >= 15 is 0 Å². The Morgan fingerprint density at radius 2 is 1.86 bits per heavy atom. The molecule has 7 heteroatoms. The number of amides is 2. The number of aryl methyl sites for hydroxylation is 1. The zero-order chi connectivity index (χ0) is 21.2. The lowest BCUT2D eigenvalue weighted by atomic mass is 9.92. The van der Waals surface area contributed by atoms with Gasteiger partial charge in [0.1, 0.15) is 5.82 Å². The molecule has 4 nitrogen and oxygen atoms in total. The summed E-state index contributed by atoms with van der Waals surface area (Å²) in [5, 5.41) is 13.1. The Morgan fingerprint density at radius 1 is 1.21 bits per heavy atom. The highest BCUT2D eigenvalue weighted by Gasteiger charge is 2.22. The van der Waals surface area contributed by atoms with Crippen LogP contribution in [0.1, 0.15) is 74.9 Å². The predicted octanol–water partition coefficient (Wildman–Crippen LogP) is 6.50. The molecule has 1 aromatic carbocycles. The molecule has 154 valence electrons. The molecule has 0 spiro atoms. The number of aliphatic hydroxyl groups is 1. The van der Waals surface area contributed by atoms with Gasteiger partial charge in [0.05, 0.1) is 15.5 Å². The molecule has 2 rings (SSSR count). The summed E-state index contributed by atoms with van der Waals surface area (Å²) in [5.41, 5.74) is 1.88. The van der Waals surface area contributed by atoms with Crippen LogP contribution in [0, 0.1) is 12.7 Å². The molecule has 1 heterocycles. The third-order valence-corrected chi connectivity index (χ3v) is 6.41. The molecule has 28 heavy (non-hydrogen) atoms. The van der Waals surface area contributed by atoms with Gasteiger partial charge in [0.2, 0.25) is 0 Å². The van der Waals surface area contributed by atoms with Gasteiger partial charge in [-0.15, -0.1) is 11.3 Å². The van der Waals surface area contributed by atoms with E-state index in [4.69, 9.17) is 0 Å². The molecule has 2 amide bonds. The minimum Gasteiger partial charge on any atom is -0.386 e. The number of hydrogen-bond acceptors (Lipinski definition) is 4. The summed E-state index contributed by atoms with van der Waals surface area (Å²) in [5.74, 6) is -0.225. The Balaban J connectivity index is 2.19. The first-order chi connectivity index (χ1) is 12.9. The van der Waals surface area contributed by atoms with E-state index in [1.807, 2.05) is 40.7 Å².